The fourth-order valence-corrected chi connectivity index (χ4v) is 10.2. The molecule has 3 fully saturated rings. The number of likely N-dealkylation sites (tertiary alicyclic amines) is 1. The number of benzene rings is 2. The Balaban J connectivity index is 0.000000156. The molecule has 6 atom stereocenters. The summed E-state index contributed by atoms with van der Waals surface area (Å²) in [4.78, 5) is 11.8. The van der Waals surface area contributed by atoms with E-state index >= 15 is 0 Å². The van der Waals surface area contributed by atoms with Gasteiger partial charge in [-0.15, -0.1) is 0 Å². The lowest BCUT2D eigenvalue weighted by molar-refractivity contribution is -0.138. The van der Waals surface area contributed by atoms with Crippen molar-refractivity contribution in [2.45, 2.75) is 63.7 Å². The standard InChI is InChI=1S/C23H30F3N3O.C17H19F3N2/c1-15-19-14-29(7-6-28-8-10-30-11-9-28)5-4-16(19)12-21-22(15)18-13-17(23(24,25)26)2-3-20(18)27-21;1-9-13-8-21-5-4-10(13)6-15-16(9)12-7-11(17(18,19)20)2-3-14(12)22-15/h2-3,13,15-16,19,27H,4-12,14H2,1H3;2-3,7,9-10,13,21-22H,4-6,8H2,1H3/t15-,16-,19-;9-,10-,13-/m00/s1. The normalized spacial score (nSPS) is 28.5. The van der Waals surface area contributed by atoms with Crippen LogP contribution >= 0.6 is 0 Å². The van der Waals surface area contributed by atoms with Crippen LogP contribution in [-0.2, 0) is 29.9 Å². The van der Waals surface area contributed by atoms with Crippen molar-refractivity contribution in [2.24, 2.45) is 23.7 Å². The van der Waals surface area contributed by atoms with Gasteiger partial charge in [-0.25, -0.2) is 0 Å². The van der Waals surface area contributed by atoms with Crippen molar-refractivity contribution in [3.05, 3.63) is 70.0 Å². The molecule has 0 unspecified atom stereocenters. The van der Waals surface area contributed by atoms with E-state index in [4.69, 9.17) is 4.74 Å². The number of aromatic amines is 2. The smallest absolute Gasteiger partial charge is 0.379 e. The van der Waals surface area contributed by atoms with Gasteiger partial charge in [-0.1, -0.05) is 13.8 Å². The predicted octanol–water partition coefficient (Wildman–Crippen LogP) is 8.19. The molecule has 3 aliphatic heterocycles. The van der Waals surface area contributed by atoms with E-state index in [2.05, 4.69) is 38.9 Å². The molecule has 6 nitrogen and oxygen atoms in total. The van der Waals surface area contributed by atoms with Gasteiger partial charge >= 0.3 is 12.4 Å². The van der Waals surface area contributed by atoms with Crippen molar-refractivity contribution < 1.29 is 31.1 Å². The van der Waals surface area contributed by atoms with Crippen LogP contribution in [0.3, 0.4) is 0 Å². The number of aromatic nitrogens is 2. The van der Waals surface area contributed by atoms with Gasteiger partial charge in [0, 0.05) is 65.9 Å². The zero-order valence-electron chi connectivity index (χ0n) is 29.9. The third-order valence-corrected chi connectivity index (χ3v) is 13.0. The molecule has 282 valence electrons. The second kappa shape index (κ2) is 14.0. The number of piperidine rings is 2. The number of nitrogens with one attached hydrogen (secondary N) is 3. The van der Waals surface area contributed by atoms with Gasteiger partial charge in [-0.3, -0.25) is 4.90 Å². The summed E-state index contributed by atoms with van der Waals surface area (Å²) < 4.78 is 84.3. The molecule has 5 heterocycles. The molecule has 4 aromatic rings. The minimum Gasteiger partial charge on any atom is -0.379 e. The van der Waals surface area contributed by atoms with Gasteiger partial charge in [0.05, 0.1) is 24.3 Å². The first kappa shape index (κ1) is 35.9. The second-order valence-electron chi connectivity index (χ2n) is 15.9. The molecule has 0 saturated carbocycles. The van der Waals surface area contributed by atoms with Crippen LogP contribution in [0, 0.1) is 23.7 Å². The number of halogens is 6. The Bertz CT molecular complexity index is 1890. The van der Waals surface area contributed by atoms with Gasteiger partial charge in [0.15, 0.2) is 0 Å². The fraction of sp³-hybridized carbons (Fsp3) is 0.600. The molecule has 0 spiro atoms. The van der Waals surface area contributed by atoms with Gasteiger partial charge in [-0.05, 0) is 128 Å². The maximum absolute atomic E-state index is 13.3. The number of fused-ring (bicyclic) bond motifs is 8. The first-order valence-corrected chi connectivity index (χ1v) is 19.0. The molecule has 0 radical (unpaired) electrons. The molecule has 5 aliphatic rings. The maximum atomic E-state index is 13.3. The van der Waals surface area contributed by atoms with Crippen molar-refractivity contribution in [1.29, 1.82) is 0 Å². The molecule has 2 aliphatic carbocycles. The van der Waals surface area contributed by atoms with Gasteiger partial charge in [0.1, 0.15) is 0 Å². The van der Waals surface area contributed by atoms with E-state index in [9.17, 15) is 26.3 Å². The van der Waals surface area contributed by atoms with E-state index in [0.29, 0.717) is 29.6 Å². The Kier molecular flexibility index (Phi) is 9.66. The zero-order valence-corrected chi connectivity index (χ0v) is 29.9. The third kappa shape index (κ3) is 6.89. The Morgan fingerprint density at radius 3 is 1.81 bits per heavy atom. The minimum absolute atomic E-state index is 0.266. The summed E-state index contributed by atoms with van der Waals surface area (Å²) in [7, 11) is 0. The van der Waals surface area contributed by atoms with E-state index in [-0.39, 0.29) is 5.92 Å². The van der Waals surface area contributed by atoms with Gasteiger partial charge in [0.2, 0.25) is 0 Å². The summed E-state index contributed by atoms with van der Waals surface area (Å²) in [6.07, 6.45) is -4.36. The Morgan fingerprint density at radius 2 is 1.23 bits per heavy atom. The average Bonchev–Trinajstić information content (AvgIpc) is 3.68. The first-order valence-electron chi connectivity index (χ1n) is 19.0. The number of hydrogen-bond acceptors (Lipinski definition) is 4. The molecule has 52 heavy (non-hydrogen) atoms. The largest absolute Gasteiger partial charge is 0.416 e. The monoisotopic (exact) mass is 729 g/mol. The lowest BCUT2D eigenvalue weighted by Gasteiger charge is -2.45. The molecule has 3 saturated heterocycles. The van der Waals surface area contributed by atoms with Gasteiger partial charge < -0.3 is 24.9 Å². The molecule has 0 bridgehead atoms. The summed E-state index contributed by atoms with van der Waals surface area (Å²) in [5, 5.41) is 4.94. The highest BCUT2D eigenvalue weighted by Crippen LogP contribution is 2.48. The van der Waals surface area contributed by atoms with Crippen molar-refractivity contribution in [2.75, 3.05) is 65.6 Å². The van der Waals surface area contributed by atoms with Crippen LogP contribution in [0.2, 0.25) is 0 Å². The SMILES string of the molecule is C[C@@H]1c2c([nH]c3ccc(C(F)(F)F)cc23)C[C@@H]2CCN(CCN3CCOCC3)C[C@H]21.C[C@@H]1c2c([nH]c3ccc(C(F)(F)F)cc23)C[C@@H]2CCNC[C@H]21. The van der Waals surface area contributed by atoms with Crippen LogP contribution in [0.5, 0.6) is 0 Å². The zero-order chi connectivity index (χ0) is 36.4. The van der Waals surface area contributed by atoms with Crippen LogP contribution in [-0.4, -0.2) is 85.3 Å². The molecular formula is C40H49F6N5O. The number of ether oxygens (including phenoxy) is 1. The molecule has 12 heteroatoms. The third-order valence-electron chi connectivity index (χ3n) is 13.0. The topological polar surface area (TPSA) is 59.3 Å². The van der Waals surface area contributed by atoms with Crippen LogP contribution in [0.25, 0.3) is 21.8 Å². The summed E-state index contributed by atoms with van der Waals surface area (Å²) >= 11 is 0. The Hall–Kier alpha value is -3.06. The van der Waals surface area contributed by atoms with Crippen molar-refractivity contribution in [3.8, 4) is 0 Å². The minimum atomic E-state index is -4.31. The second-order valence-corrected chi connectivity index (χ2v) is 15.9. The molecule has 9 rings (SSSR count). The summed E-state index contributed by atoms with van der Waals surface area (Å²) in [6.45, 7) is 14.4. The van der Waals surface area contributed by atoms with Gasteiger partial charge in [0.25, 0.3) is 0 Å². The molecule has 2 aromatic heterocycles. The molecular weight excluding hydrogens is 680 g/mol. The van der Waals surface area contributed by atoms with Crippen molar-refractivity contribution in [3.63, 3.8) is 0 Å². The van der Waals surface area contributed by atoms with E-state index in [1.54, 1.807) is 12.1 Å². The highest BCUT2D eigenvalue weighted by molar-refractivity contribution is 5.87. The van der Waals surface area contributed by atoms with E-state index in [0.717, 1.165) is 129 Å². The van der Waals surface area contributed by atoms with Crippen LogP contribution in [0.1, 0.15) is 72.2 Å². The van der Waals surface area contributed by atoms with Crippen LogP contribution < -0.4 is 5.32 Å². The molecule has 3 N–H and O–H groups in total. The number of H-pyrrole nitrogens is 2. The summed E-state index contributed by atoms with van der Waals surface area (Å²) in [5.74, 6) is 2.83. The predicted molar refractivity (Wildman–Crippen MR) is 191 cm³/mol. The number of nitrogens with zero attached hydrogens (tertiary/aromatic N) is 2. The molecule has 0 amide bonds. The number of rotatable bonds is 3. The van der Waals surface area contributed by atoms with Crippen LogP contribution in [0.15, 0.2) is 36.4 Å². The number of morpholine rings is 1. The molecule has 2 aromatic carbocycles. The van der Waals surface area contributed by atoms with Crippen LogP contribution in [0.4, 0.5) is 26.3 Å². The quantitative estimate of drug-likeness (QED) is 0.186. The van der Waals surface area contributed by atoms with Crippen molar-refractivity contribution >= 4 is 21.8 Å². The summed E-state index contributed by atoms with van der Waals surface area (Å²) in [6, 6.07) is 8.20. The highest BCUT2D eigenvalue weighted by Gasteiger charge is 2.41. The van der Waals surface area contributed by atoms with E-state index < -0.39 is 23.5 Å². The number of hydrogen-bond donors (Lipinski definition) is 3. The first-order chi connectivity index (χ1) is 24.8. The Morgan fingerprint density at radius 1 is 0.692 bits per heavy atom. The van der Waals surface area contributed by atoms with E-state index in [1.807, 2.05) is 0 Å². The lowest BCUT2D eigenvalue weighted by atomic mass is 9.68. The number of alkyl halides is 6. The maximum Gasteiger partial charge on any atom is 0.416 e. The van der Waals surface area contributed by atoms with Crippen molar-refractivity contribution in [1.82, 2.24) is 25.1 Å². The highest BCUT2D eigenvalue weighted by atomic mass is 19.4. The van der Waals surface area contributed by atoms with E-state index in [1.165, 1.54) is 30.7 Å². The Labute approximate surface area is 300 Å². The fourth-order valence-electron chi connectivity index (χ4n) is 10.2. The lowest BCUT2D eigenvalue weighted by Crippen LogP contribution is -2.48. The summed E-state index contributed by atoms with van der Waals surface area (Å²) in [5.41, 5.74) is 5.07. The average molecular weight is 730 g/mol. The van der Waals surface area contributed by atoms with Gasteiger partial charge in [-0.2, -0.15) is 26.3 Å².